The van der Waals surface area contributed by atoms with Gasteiger partial charge in [0.15, 0.2) is 5.82 Å². The first-order chi connectivity index (χ1) is 8.76. The van der Waals surface area contributed by atoms with Crippen molar-refractivity contribution in [2.45, 2.75) is 6.54 Å². The summed E-state index contributed by atoms with van der Waals surface area (Å²) in [6.45, 7) is 0.564. The number of hydrogen-bond donors (Lipinski definition) is 1. The van der Waals surface area contributed by atoms with E-state index in [-0.39, 0.29) is 0 Å². The Hall–Kier alpha value is -1.47. The Morgan fingerprint density at radius 2 is 2.33 bits per heavy atom. The van der Waals surface area contributed by atoms with Crippen LogP contribution in [0.5, 0.6) is 0 Å². The van der Waals surface area contributed by atoms with Crippen LogP contribution in [-0.2, 0) is 6.54 Å². The molecule has 7 heteroatoms. The Kier molecular flexibility index (Phi) is 3.00. The van der Waals surface area contributed by atoms with Crippen molar-refractivity contribution in [3.8, 4) is 0 Å². The number of nitrogens with one attached hydrogen (secondary N) is 1. The number of fused-ring (bicyclic) bond motifs is 1. The number of anilines is 1. The summed E-state index contributed by atoms with van der Waals surface area (Å²) in [6, 6.07) is 2.03. The fourth-order valence-corrected chi connectivity index (χ4v) is 2.84. The second-order valence-electron chi connectivity index (χ2n) is 3.73. The van der Waals surface area contributed by atoms with Gasteiger partial charge in [0.2, 0.25) is 0 Å². The van der Waals surface area contributed by atoms with Gasteiger partial charge in [0.25, 0.3) is 0 Å². The Morgan fingerprint density at radius 3 is 3.06 bits per heavy atom. The first-order valence-corrected chi connectivity index (χ1v) is 7.03. The fraction of sp³-hybridized carbons (Fsp3) is 0.182. The highest BCUT2D eigenvalue weighted by atomic mass is 79.9. The summed E-state index contributed by atoms with van der Waals surface area (Å²) in [6.07, 6.45) is 3.66. The molecule has 0 atom stereocenters. The van der Waals surface area contributed by atoms with Crippen LogP contribution in [0, 0.1) is 0 Å². The Bertz CT molecular complexity index is 690. The standard InChI is InChI=1S/C11H10BrN5S/c1-13-10-8-2-3-18-11(8)16-9(15-10)6-17-5-7(12)4-14-17/h2-5H,6H2,1H3,(H,13,15,16). The van der Waals surface area contributed by atoms with Gasteiger partial charge >= 0.3 is 0 Å². The molecule has 0 spiro atoms. The van der Waals surface area contributed by atoms with Crippen molar-refractivity contribution in [3.63, 3.8) is 0 Å². The number of rotatable bonds is 3. The lowest BCUT2D eigenvalue weighted by Gasteiger charge is -2.05. The summed E-state index contributed by atoms with van der Waals surface area (Å²) in [7, 11) is 1.87. The number of hydrogen-bond acceptors (Lipinski definition) is 5. The quantitative estimate of drug-likeness (QED) is 0.805. The molecule has 0 unspecified atom stereocenters. The van der Waals surface area contributed by atoms with Crippen LogP contribution in [0.2, 0.25) is 0 Å². The minimum Gasteiger partial charge on any atom is -0.372 e. The number of halogens is 1. The molecule has 92 valence electrons. The van der Waals surface area contributed by atoms with Crippen molar-refractivity contribution in [2.24, 2.45) is 0 Å². The summed E-state index contributed by atoms with van der Waals surface area (Å²) in [5, 5.41) is 10.4. The summed E-state index contributed by atoms with van der Waals surface area (Å²) in [5.74, 6) is 1.62. The van der Waals surface area contributed by atoms with E-state index in [1.54, 1.807) is 22.2 Å². The average molecular weight is 324 g/mol. The molecule has 0 aliphatic rings. The lowest BCUT2D eigenvalue weighted by molar-refractivity contribution is 0.658. The molecule has 18 heavy (non-hydrogen) atoms. The van der Waals surface area contributed by atoms with Crippen molar-refractivity contribution < 1.29 is 0 Å². The molecule has 0 aliphatic carbocycles. The summed E-state index contributed by atoms with van der Waals surface area (Å²) >= 11 is 4.99. The van der Waals surface area contributed by atoms with Crippen LogP contribution in [0.15, 0.2) is 28.3 Å². The lowest BCUT2D eigenvalue weighted by Crippen LogP contribution is -2.06. The molecule has 1 N–H and O–H groups in total. The molecule has 0 fully saturated rings. The van der Waals surface area contributed by atoms with E-state index < -0.39 is 0 Å². The van der Waals surface area contributed by atoms with E-state index in [2.05, 4.69) is 36.3 Å². The maximum atomic E-state index is 4.54. The summed E-state index contributed by atoms with van der Waals surface area (Å²) in [5.41, 5.74) is 0. The topological polar surface area (TPSA) is 55.6 Å². The molecule has 5 nitrogen and oxygen atoms in total. The first-order valence-electron chi connectivity index (χ1n) is 5.36. The zero-order chi connectivity index (χ0) is 12.5. The van der Waals surface area contributed by atoms with Crippen LogP contribution in [0.3, 0.4) is 0 Å². The van der Waals surface area contributed by atoms with Crippen molar-refractivity contribution >= 4 is 43.3 Å². The Morgan fingerprint density at radius 1 is 1.44 bits per heavy atom. The highest BCUT2D eigenvalue weighted by Crippen LogP contribution is 2.24. The van der Waals surface area contributed by atoms with E-state index >= 15 is 0 Å². The highest BCUT2D eigenvalue weighted by Gasteiger charge is 2.08. The van der Waals surface area contributed by atoms with Gasteiger partial charge in [-0.15, -0.1) is 11.3 Å². The number of aromatic nitrogens is 4. The second kappa shape index (κ2) is 4.66. The normalized spacial score (nSPS) is 11.0. The molecule has 0 amide bonds. The van der Waals surface area contributed by atoms with E-state index in [0.29, 0.717) is 6.54 Å². The zero-order valence-electron chi connectivity index (χ0n) is 9.59. The predicted octanol–water partition coefficient (Wildman–Crippen LogP) is 2.74. The van der Waals surface area contributed by atoms with Gasteiger partial charge in [0, 0.05) is 13.2 Å². The highest BCUT2D eigenvalue weighted by molar-refractivity contribution is 9.10. The number of thiophene rings is 1. The van der Waals surface area contributed by atoms with Crippen molar-refractivity contribution in [1.29, 1.82) is 0 Å². The molecular weight excluding hydrogens is 314 g/mol. The van der Waals surface area contributed by atoms with E-state index in [0.717, 1.165) is 26.3 Å². The molecule has 3 rings (SSSR count). The minimum atomic E-state index is 0.564. The second-order valence-corrected chi connectivity index (χ2v) is 5.54. The third-order valence-corrected chi connectivity index (χ3v) is 3.73. The van der Waals surface area contributed by atoms with Crippen LogP contribution in [-0.4, -0.2) is 26.8 Å². The summed E-state index contributed by atoms with van der Waals surface area (Å²) < 4.78 is 2.76. The molecular formula is C11H10BrN5S. The largest absolute Gasteiger partial charge is 0.372 e. The van der Waals surface area contributed by atoms with Gasteiger partial charge in [-0.2, -0.15) is 5.10 Å². The molecule has 3 heterocycles. The van der Waals surface area contributed by atoms with Gasteiger partial charge in [0.1, 0.15) is 17.2 Å². The fourth-order valence-electron chi connectivity index (χ4n) is 1.73. The maximum Gasteiger partial charge on any atom is 0.153 e. The molecule has 3 aromatic rings. The van der Waals surface area contributed by atoms with Crippen LogP contribution >= 0.6 is 27.3 Å². The third kappa shape index (κ3) is 2.11. The SMILES string of the molecule is CNc1nc(Cn2cc(Br)cn2)nc2sccc12. The Labute approximate surface area is 116 Å². The van der Waals surface area contributed by atoms with Crippen molar-refractivity contribution in [3.05, 3.63) is 34.1 Å². The van der Waals surface area contributed by atoms with Crippen molar-refractivity contribution in [1.82, 2.24) is 19.7 Å². The van der Waals surface area contributed by atoms with Gasteiger partial charge in [-0.3, -0.25) is 4.68 Å². The van der Waals surface area contributed by atoms with Crippen LogP contribution in [0.1, 0.15) is 5.82 Å². The van der Waals surface area contributed by atoms with E-state index in [1.807, 2.05) is 24.7 Å². The molecule has 0 radical (unpaired) electrons. The molecule has 0 bridgehead atoms. The van der Waals surface area contributed by atoms with Crippen LogP contribution in [0.25, 0.3) is 10.2 Å². The zero-order valence-corrected chi connectivity index (χ0v) is 12.0. The molecule has 0 saturated heterocycles. The smallest absolute Gasteiger partial charge is 0.153 e. The molecule has 0 saturated carbocycles. The monoisotopic (exact) mass is 323 g/mol. The van der Waals surface area contributed by atoms with Gasteiger partial charge in [-0.25, -0.2) is 9.97 Å². The predicted molar refractivity (Wildman–Crippen MR) is 76.0 cm³/mol. The molecule has 0 aliphatic heterocycles. The average Bonchev–Trinajstić information content (AvgIpc) is 2.97. The molecule has 3 aromatic heterocycles. The third-order valence-electron chi connectivity index (χ3n) is 2.51. The van der Waals surface area contributed by atoms with Gasteiger partial charge < -0.3 is 5.32 Å². The summed E-state index contributed by atoms with van der Waals surface area (Å²) in [4.78, 5) is 10.0. The molecule has 0 aromatic carbocycles. The van der Waals surface area contributed by atoms with Gasteiger partial charge in [-0.1, -0.05) is 0 Å². The number of nitrogens with zero attached hydrogens (tertiary/aromatic N) is 4. The lowest BCUT2D eigenvalue weighted by atomic mass is 10.3. The van der Waals surface area contributed by atoms with Gasteiger partial charge in [-0.05, 0) is 27.4 Å². The minimum absolute atomic E-state index is 0.564. The van der Waals surface area contributed by atoms with Crippen LogP contribution < -0.4 is 5.32 Å². The van der Waals surface area contributed by atoms with Crippen LogP contribution in [0.4, 0.5) is 5.82 Å². The van der Waals surface area contributed by atoms with E-state index in [1.165, 1.54) is 0 Å². The van der Waals surface area contributed by atoms with E-state index in [4.69, 9.17) is 0 Å². The Balaban J connectivity index is 2.01. The van der Waals surface area contributed by atoms with Crippen molar-refractivity contribution in [2.75, 3.05) is 12.4 Å². The van der Waals surface area contributed by atoms with Gasteiger partial charge in [0.05, 0.1) is 16.1 Å². The first kappa shape index (κ1) is 11.6. The van der Waals surface area contributed by atoms with E-state index in [9.17, 15) is 0 Å². The maximum absolute atomic E-state index is 4.54.